The number of amides is 1. The highest BCUT2D eigenvalue weighted by Crippen LogP contribution is 2.41. The van der Waals surface area contributed by atoms with Gasteiger partial charge in [0.2, 0.25) is 0 Å². The Morgan fingerprint density at radius 3 is 3.18 bits per heavy atom. The van der Waals surface area contributed by atoms with Gasteiger partial charge in [-0.15, -0.1) is 0 Å². The summed E-state index contributed by atoms with van der Waals surface area (Å²) < 4.78 is 11.5. The van der Waals surface area contributed by atoms with Gasteiger partial charge >= 0.3 is 0 Å². The third-order valence-corrected chi connectivity index (χ3v) is 4.88. The van der Waals surface area contributed by atoms with E-state index >= 15 is 0 Å². The van der Waals surface area contributed by atoms with Crippen LogP contribution < -0.4 is 0 Å². The first kappa shape index (κ1) is 15.4. The van der Waals surface area contributed by atoms with E-state index in [0.29, 0.717) is 37.8 Å². The Kier molecular flexibility index (Phi) is 4.45. The van der Waals surface area contributed by atoms with Gasteiger partial charge in [-0.05, 0) is 31.4 Å². The molecule has 0 aromatic carbocycles. The van der Waals surface area contributed by atoms with Crippen LogP contribution in [0.2, 0.25) is 0 Å². The molecule has 5 nitrogen and oxygen atoms in total. The summed E-state index contributed by atoms with van der Waals surface area (Å²) in [5.41, 5.74) is 1.45. The van der Waals surface area contributed by atoms with Crippen molar-refractivity contribution in [3.05, 3.63) is 29.6 Å². The minimum absolute atomic E-state index is 0.0574. The summed E-state index contributed by atoms with van der Waals surface area (Å²) in [7, 11) is 1.73. The number of hydrogen-bond acceptors (Lipinski definition) is 4. The number of nitrogens with zero attached hydrogens (tertiary/aromatic N) is 2. The van der Waals surface area contributed by atoms with E-state index in [1.54, 1.807) is 19.5 Å². The van der Waals surface area contributed by atoms with Crippen LogP contribution in [0.15, 0.2) is 18.5 Å². The predicted molar refractivity (Wildman–Crippen MR) is 82.8 cm³/mol. The molecule has 1 saturated heterocycles. The van der Waals surface area contributed by atoms with E-state index in [0.717, 1.165) is 24.8 Å². The summed E-state index contributed by atoms with van der Waals surface area (Å²) in [4.78, 5) is 18.8. The SMILES string of the molecule is COC[C@H]1CCC[C@]12CN(C(=O)c1cncc(C)c1)CCO2. The first-order valence-electron chi connectivity index (χ1n) is 7.98. The van der Waals surface area contributed by atoms with Gasteiger partial charge in [0.05, 0.1) is 30.9 Å². The second-order valence-corrected chi connectivity index (χ2v) is 6.44. The van der Waals surface area contributed by atoms with E-state index in [-0.39, 0.29) is 11.5 Å². The van der Waals surface area contributed by atoms with Gasteiger partial charge in [-0.3, -0.25) is 9.78 Å². The van der Waals surface area contributed by atoms with Gasteiger partial charge in [-0.1, -0.05) is 6.42 Å². The highest BCUT2D eigenvalue weighted by molar-refractivity contribution is 5.94. The van der Waals surface area contributed by atoms with E-state index in [9.17, 15) is 4.79 Å². The Labute approximate surface area is 131 Å². The first-order chi connectivity index (χ1) is 10.6. The van der Waals surface area contributed by atoms with Crippen LogP contribution in [-0.2, 0) is 9.47 Å². The molecule has 2 fully saturated rings. The lowest BCUT2D eigenvalue weighted by Crippen LogP contribution is -2.56. The number of ether oxygens (including phenoxy) is 2. The van der Waals surface area contributed by atoms with Crippen molar-refractivity contribution >= 4 is 5.91 Å². The fourth-order valence-electron chi connectivity index (χ4n) is 3.78. The number of aryl methyl sites for hydroxylation is 1. The topological polar surface area (TPSA) is 51.7 Å². The lowest BCUT2D eigenvalue weighted by Gasteiger charge is -2.44. The normalized spacial score (nSPS) is 28.3. The molecular formula is C17H24N2O3. The standard InChI is InChI=1S/C17H24N2O3/c1-13-8-14(10-18-9-13)16(20)19-6-7-22-17(12-19)5-3-4-15(17)11-21-2/h8-10,15H,3-7,11-12H2,1-2H3/t15-,17+/m1/s1. The summed E-state index contributed by atoms with van der Waals surface area (Å²) in [6.07, 6.45) is 6.68. The minimum atomic E-state index is -0.221. The maximum Gasteiger partial charge on any atom is 0.255 e. The van der Waals surface area contributed by atoms with Crippen molar-refractivity contribution < 1.29 is 14.3 Å². The molecule has 1 aromatic heterocycles. The van der Waals surface area contributed by atoms with Gasteiger partial charge in [0.15, 0.2) is 0 Å². The molecule has 2 aliphatic rings. The summed E-state index contributed by atoms with van der Waals surface area (Å²) in [6.45, 7) is 4.57. The van der Waals surface area contributed by atoms with Gasteiger partial charge in [0.1, 0.15) is 0 Å². The zero-order valence-electron chi connectivity index (χ0n) is 13.4. The number of aromatic nitrogens is 1. The van der Waals surface area contributed by atoms with E-state index in [2.05, 4.69) is 4.98 Å². The second kappa shape index (κ2) is 6.34. The number of carbonyl (C=O) groups is 1. The van der Waals surface area contributed by atoms with E-state index < -0.39 is 0 Å². The number of rotatable bonds is 3. The highest BCUT2D eigenvalue weighted by Gasteiger charge is 2.47. The van der Waals surface area contributed by atoms with Crippen LogP contribution >= 0.6 is 0 Å². The Morgan fingerprint density at radius 1 is 1.55 bits per heavy atom. The molecule has 1 aliphatic carbocycles. The van der Waals surface area contributed by atoms with Crippen LogP contribution in [0.5, 0.6) is 0 Å². The Hall–Kier alpha value is -1.46. The fraction of sp³-hybridized carbons (Fsp3) is 0.647. The number of methoxy groups -OCH3 is 1. The van der Waals surface area contributed by atoms with Gasteiger partial charge < -0.3 is 14.4 Å². The van der Waals surface area contributed by atoms with Gasteiger partial charge in [0.25, 0.3) is 5.91 Å². The van der Waals surface area contributed by atoms with Crippen molar-refractivity contribution in [1.29, 1.82) is 0 Å². The van der Waals surface area contributed by atoms with Crippen molar-refractivity contribution in [3.8, 4) is 0 Å². The molecule has 0 bridgehead atoms. The smallest absolute Gasteiger partial charge is 0.255 e. The van der Waals surface area contributed by atoms with Crippen LogP contribution in [0, 0.1) is 12.8 Å². The monoisotopic (exact) mass is 304 g/mol. The zero-order valence-corrected chi connectivity index (χ0v) is 13.4. The lowest BCUT2D eigenvalue weighted by atomic mass is 9.89. The van der Waals surface area contributed by atoms with E-state index in [1.807, 2.05) is 17.9 Å². The van der Waals surface area contributed by atoms with E-state index in [4.69, 9.17) is 9.47 Å². The maximum absolute atomic E-state index is 12.8. The average Bonchev–Trinajstić information content (AvgIpc) is 2.89. The molecule has 120 valence electrons. The van der Waals surface area contributed by atoms with Crippen LogP contribution in [0.25, 0.3) is 0 Å². The molecule has 22 heavy (non-hydrogen) atoms. The molecular weight excluding hydrogens is 280 g/mol. The molecule has 0 radical (unpaired) electrons. The van der Waals surface area contributed by atoms with Gasteiger partial charge in [-0.25, -0.2) is 0 Å². The van der Waals surface area contributed by atoms with Crippen molar-refractivity contribution in [2.24, 2.45) is 5.92 Å². The molecule has 1 spiro atoms. The average molecular weight is 304 g/mol. The second-order valence-electron chi connectivity index (χ2n) is 6.44. The Balaban J connectivity index is 1.76. The summed E-state index contributed by atoms with van der Waals surface area (Å²) in [5.74, 6) is 0.436. The number of carbonyl (C=O) groups excluding carboxylic acids is 1. The molecule has 1 amide bonds. The molecule has 1 aliphatic heterocycles. The third-order valence-electron chi connectivity index (χ3n) is 4.88. The largest absolute Gasteiger partial charge is 0.384 e. The third kappa shape index (κ3) is 2.88. The zero-order chi connectivity index (χ0) is 15.6. The highest BCUT2D eigenvalue weighted by atomic mass is 16.5. The minimum Gasteiger partial charge on any atom is -0.384 e. The van der Waals surface area contributed by atoms with Crippen LogP contribution in [0.4, 0.5) is 0 Å². The maximum atomic E-state index is 12.8. The number of pyridine rings is 1. The fourth-order valence-corrected chi connectivity index (χ4v) is 3.78. The van der Waals surface area contributed by atoms with Crippen molar-refractivity contribution in [3.63, 3.8) is 0 Å². The lowest BCUT2D eigenvalue weighted by molar-refractivity contribution is -0.130. The Morgan fingerprint density at radius 2 is 2.41 bits per heavy atom. The molecule has 2 atom stereocenters. The van der Waals surface area contributed by atoms with Crippen LogP contribution in [0.3, 0.4) is 0 Å². The van der Waals surface area contributed by atoms with Crippen LogP contribution in [-0.4, -0.2) is 54.8 Å². The summed E-state index contributed by atoms with van der Waals surface area (Å²) in [5, 5.41) is 0. The van der Waals surface area contributed by atoms with Gasteiger partial charge in [0, 0.05) is 32.0 Å². The molecule has 0 unspecified atom stereocenters. The van der Waals surface area contributed by atoms with Gasteiger partial charge in [-0.2, -0.15) is 0 Å². The summed E-state index contributed by atoms with van der Waals surface area (Å²) in [6, 6.07) is 1.90. The predicted octanol–water partition coefficient (Wildman–Crippen LogP) is 2.05. The van der Waals surface area contributed by atoms with Crippen molar-refractivity contribution in [2.45, 2.75) is 31.8 Å². The Bertz CT molecular complexity index is 548. The number of hydrogen-bond donors (Lipinski definition) is 0. The molecule has 0 N–H and O–H groups in total. The van der Waals surface area contributed by atoms with E-state index in [1.165, 1.54) is 0 Å². The molecule has 1 saturated carbocycles. The first-order valence-corrected chi connectivity index (χ1v) is 7.98. The number of morpholine rings is 1. The van der Waals surface area contributed by atoms with Crippen molar-refractivity contribution in [1.82, 2.24) is 9.88 Å². The van der Waals surface area contributed by atoms with Crippen LogP contribution in [0.1, 0.15) is 35.2 Å². The molecule has 1 aromatic rings. The molecule has 2 heterocycles. The molecule has 3 rings (SSSR count). The molecule has 5 heteroatoms. The van der Waals surface area contributed by atoms with Crippen molar-refractivity contribution in [2.75, 3.05) is 33.4 Å². The summed E-state index contributed by atoms with van der Waals surface area (Å²) >= 11 is 0. The quantitative estimate of drug-likeness (QED) is 0.857.